The maximum atomic E-state index is 17.8. The average molecular weight is 853 g/mol. The largest absolute Gasteiger partial charge is 0.472 e. The molecule has 3 aliphatic rings. The van der Waals surface area contributed by atoms with Crippen molar-refractivity contribution in [2.24, 2.45) is 0 Å². The first-order valence-electron chi connectivity index (χ1n) is 21.5. The maximum Gasteiger partial charge on any atom is 0.412 e. The minimum absolute atomic E-state index is 0.0196. The van der Waals surface area contributed by atoms with E-state index in [9.17, 15) is 9.59 Å². The van der Waals surface area contributed by atoms with Crippen molar-refractivity contribution in [3.8, 4) is 34.6 Å². The highest BCUT2D eigenvalue weighted by molar-refractivity contribution is 6.90. The molecule has 61 heavy (non-hydrogen) atoms. The van der Waals surface area contributed by atoms with Crippen LogP contribution in [0.1, 0.15) is 108 Å². The quantitative estimate of drug-likeness (QED) is 0.148. The van der Waals surface area contributed by atoms with Gasteiger partial charge in [0.1, 0.15) is 47.8 Å². The van der Waals surface area contributed by atoms with Gasteiger partial charge in [0.05, 0.1) is 25.2 Å². The van der Waals surface area contributed by atoms with E-state index in [1.54, 1.807) is 26.8 Å². The molecule has 0 unspecified atom stereocenters. The van der Waals surface area contributed by atoms with E-state index in [2.05, 4.69) is 68.2 Å². The Morgan fingerprint density at radius 1 is 0.934 bits per heavy atom. The van der Waals surface area contributed by atoms with Crippen molar-refractivity contribution in [3.63, 3.8) is 0 Å². The second-order valence-corrected chi connectivity index (χ2v) is 25.3. The van der Waals surface area contributed by atoms with Crippen LogP contribution in [-0.2, 0) is 9.47 Å². The molecule has 2 fully saturated rings. The van der Waals surface area contributed by atoms with E-state index in [1.807, 2.05) is 56.9 Å². The highest BCUT2D eigenvalue weighted by atomic mass is 28.3. The van der Waals surface area contributed by atoms with Crippen molar-refractivity contribution in [2.45, 2.75) is 155 Å². The van der Waals surface area contributed by atoms with E-state index in [4.69, 9.17) is 28.9 Å². The minimum atomic E-state index is -2.19. The fourth-order valence-corrected chi connectivity index (χ4v) is 15.3. The molecule has 14 heteroatoms. The van der Waals surface area contributed by atoms with Crippen LogP contribution >= 0.6 is 0 Å². The van der Waals surface area contributed by atoms with E-state index in [0.717, 1.165) is 18.2 Å². The number of fused-ring (bicyclic) bond motifs is 6. The lowest BCUT2D eigenvalue weighted by Crippen LogP contribution is -2.65. The first-order valence-corrected chi connectivity index (χ1v) is 23.8. The number of carbonyl (C=O) groups excluding carboxylic acids is 2. The number of pyridine rings is 1. The Morgan fingerprint density at radius 2 is 1.61 bits per heavy atom. The molecule has 2 amide bonds. The number of amides is 2. The summed E-state index contributed by atoms with van der Waals surface area (Å²) in [6.45, 7) is 26.9. The predicted octanol–water partition coefficient (Wildman–Crippen LogP) is 10.6. The SMILES string of the molecule is COc1nc2c3c(nc(-c4cc(NC(=O)OC(C)(C)C)cc5cccc(C#C[Si](C(C)C)(C(C)C)C(C)C)c45)c(F)c3n1)O[C@@H](C)[C@@H]1[C@@H]3CC[C@H](CN21)N3C(=O)OC(C)(C)C. The Bertz CT molecular complexity index is 2430. The van der Waals surface area contributed by atoms with Crippen molar-refractivity contribution < 1.29 is 32.9 Å². The van der Waals surface area contributed by atoms with Gasteiger partial charge in [0, 0.05) is 28.7 Å². The lowest BCUT2D eigenvalue weighted by atomic mass is 9.95. The van der Waals surface area contributed by atoms with Gasteiger partial charge in [-0.1, -0.05) is 59.6 Å². The summed E-state index contributed by atoms with van der Waals surface area (Å²) in [6, 6.07) is 8.53. The summed E-state index contributed by atoms with van der Waals surface area (Å²) >= 11 is 0. The predicted molar refractivity (Wildman–Crippen MR) is 241 cm³/mol. The summed E-state index contributed by atoms with van der Waals surface area (Å²) in [5.41, 5.74) is 5.04. The minimum Gasteiger partial charge on any atom is -0.472 e. The smallest absolute Gasteiger partial charge is 0.412 e. The van der Waals surface area contributed by atoms with E-state index >= 15 is 4.39 Å². The molecule has 12 nitrogen and oxygen atoms in total. The normalized spacial score (nSPS) is 20.0. The molecule has 0 aliphatic carbocycles. The molecule has 0 saturated carbocycles. The van der Waals surface area contributed by atoms with Crippen LogP contribution in [0.25, 0.3) is 32.9 Å². The Labute approximate surface area is 360 Å². The third-order valence-electron chi connectivity index (χ3n) is 12.4. The molecule has 2 bridgehead atoms. The van der Waals surface area contributed by atoms with Crippen molar-refractivity contribution in [1.29, 1.82) is 0 Å². The Balaban J connectivity index is 1.46. The number of piperazine rings is 1. The van der Waals surface area contributed by atoms with Crippen LogP contribution in [-0.4, -0.2) is 89.2 Å². The van der Waals surface area contributed by atoms with Crippen LogP contribution in [0, 0.1) is 17.3 Å². The molecule has 0 spiro atoms. The monoisotopic (exact) mass is 852 g/mol. The summed E-state index contributed by atoms with van der Waals surface area (Å²) in [4.78, 5) is 45.3. The molecular formula is C47H61FN6O6Si. The highest BCUT2D eigenvalue weighted by Crippen LogP contribution is 2.48. The fourth-order valence-electron chi connectivity index (χ4n) is 10.1. The number of hydrogen-bond donors (Lipinski definition) is 1. The Morgan fingerprint density at radius 3 is 2.23 bits per heavy atom. The van der Waals surface area contributed by atoms with Crippen LogP contribution in [0.4, 0.5) is 25.5 Å². The zero-order valence-electron chi connectivity index (χ0n) is 38.1. The maximum absolute atomic E-state index is 17.8. The first kappa shape index (κ1) is 43.9. The zero-order chi connectivity index (χ0) is 44.5. The molecule has 2 saturated heterocycles. The van der Waals surface area contributed by atoms with Crippen molar-refractivity contribution >= 4 is 53.4 Å². The highest BCUT2D eigenvalue weighted by Gasteiger charge is 2.54. The number of halogens is 1. The number of rotatable bonds is 6. The third-order valence-corrected chi connectivity index (χ3v) is 18.7. The number of nitrogens with one attached hydrogen (secondary N) is 1. The summed E-state index contributed by atoms with van der Waals surface area (Å²) in [7, 11) is -0.742. The van der Waals surface area contributed by atoms with Gasteiger partial charge in [-0.15, -0.1) is 5.54 Å². The molecular weight excluding hydrogens is 792 g/mol. The standard InChI is InChI=1S/C47H61FN6O6Si/c1-25(2)61(26(3)4,27(5)6)21-20-29-16-15-17-30-22-31(49-44(55)59-46(8,9)10)23-33(35(29)30)38-37(48)39-36-41(52-43(51-39)57-14)53-24-32-18-19-34(40(53)28(7)58-42(36)50-38)54(32)45(56)60-47(11,12)13/h15-17,22-23,25-28,32,34,40H,18-19,24H2,1-14H3,(H,49,55)/t28-,32+,34-,40+/m0/s1. The second kappa shape index (κ2) is 15.9. The molecule has 2 aromatic carbocycles. The van der Waals surface area contributed by atoms with Gasteiger partial charge in [-0.25, -0.2) is 19.0 Å². The number of nitrogens with zero attached hydrogens (tertiary/aromatic N) is 5. The van der Waals surface area contributed by atoms with Crippen molar-refractivity contribution in [1.82, 2.24) is 19.9 Å². The van der Waals surface area contributed by atoms with Crippen LogP contribution < -0.4 is 19.7 Å². The average Bonchev–Trinajstić information content (AvgIpc) is 3.40. The number of ether oxygens (including phenoxy) is 4. The molecule has 326 valence electrons. The van der Waals surface area contributed by atoms with E-state index in [-0.39, 0.29) is 47.3 Å². The summed E-state index contributed by atoms with van der Waals surface area (Å²) in [5, 5.41) is 4.58. The van der Waals surface area contributed by atoms with E-state index in [1.165, 1.54) is 7.11 Å². The Hall–Kier alpha value is -5.16. The van der Waals surface area contributed by atoms with E-state index < -0.39 is 37.3 Å². The van der Waals surface area contributed by atoms with Gasteiger partial charge in [0.15, 0.2) is 5.82 Å². The molecule has 4 aromatic rings. The van der Waals surface area contributed by atoms with Gasteiger partial charge in [0.25, 0.3) is 0 Å². The lowest BCUT2D eigenvalue weighted by Gasteiger charge is -2.48. The number of benzene rings is 2. The molecule has 4 atom stereocenters. The lowest BCUT2D eigenvalue weighted by molar-refractivity contribution is 0.000922. The number of anilines is 2. The van der Waals surface area contributed by atoms with Gasteiger partial charge in [0.2, 0.25) is 5.88 Å². The van der Waals surface area contributed by atoms with Gasteiger partial charge >= 0.3 is 18.2 Å². The molecule has 0 radical (unpaired) electrons. The van der Waals surface area contributed by atoms with Crippen LogP contribution in [0.3, 0.4) is 0 Å². The van der Waals surface area contributed by atoms with Gasteiger partial charge in [-0.3, -0.25) is 10.2 Å². The third kappa shape index (κ3) is 8.06. The molecule has 1 N–H and O–H groups in total. The van der Waals surface area contributed by atoms with Crippen molar-refractivity contribution in [2.75, 3.05) is 23.9 Å². The number of carbonyl (C=O) groups is 2. The van der Waals surface area contributed by atoms with Gasteiger partial charge in [-0.05, 0) is 102 Å². The topological polar surface area (TPSA) is 128 Å². The second-order valence-electron chi connectivity index (χ2n) is 19.7. The van der Waals surface area contributed by atoms with Gasteiger partial charge in [-0.2, -0.15) is 9.97 Å². The first-order chi connectivity index (χ1) is 28.5. The van der Waals surface area contributed by atoms with Gasteiger partial charge < -0.3 is 23.8 Å². The summed E-state index contributed by atoms with van der Waals surface area (Å²) < 4.78 is 41.8. The summed E-state index contributed by atoms with van der Waals surface area (Å²) in [6.07, 6.45) is -0.0439. The van der Waals surface area contributed by atoms with Crippen LogP contribution in [0.2, 0.25) is 16.6 Å². The Kier molecular flexibility index (Phi) is 11.5. The van der Waals surface area contributed by atoms with E-state index in [0.29, 0.717) is 56.6 Å². The number of hydrogen-bond acceptors (Lipinski definition) is 10. The number of methoxy groups -OCH3 is 1. The van der Waals surface area contributed by atoms with Crippen molar-refractivity contribution in [3.05, 3.63) is 41.7 Å². The molecule has 2 aromatic heterocycles. The zero-order valence-corrected chi connectivity index (χ0v) is 39.1. The van der Waals surface area contributed by atoms with Crippen LogP contribution in [0.15, 0.2) is 30.3 Å². The molecule has 5 heterocycles. The fraction of sp³-hybridized carbons (Fsp3) is 0.553. The van der Waals surface area contributed by atoms with Crippen LogP contribution in [0.5, 0.6) is 11.9 Å². The summed E-state index contributed by atoms with van der Waals surface area (Å²) in [5.74, 6) is 3.49. The molecule has 7 rings (SSSR count). The molecule has 3 aliphatic heterocycles. The number of aromatic nitrogens is 3.